The van der Waals surface area contributed by atoms with Crippen LogP contribution in [0.4, 0.5) is 0 Å². The number of hydrogen-bond acceptors (Lipinski definition) is 0. The van der Waals surface area contributed by atoms with Gasteiger partial charge in [0.2, 0.25) is 0 Å². The first-order valence-electron chi connectivity index (χ1n) is 0. The fraction of sp³-hybridized carbons (Fsp3) is 0. The van der Waals surface area contributed by atoms with E-state index in [1.165, 1.54) is 0 Å². The van der Waals surface area contributed by atoms with E-state index in [0.29, 0.717) is 0 Å². The first-order valence-corrected chi connectivity index (χ1v) is 0. The molecule has 0 aromatic rings. The van der Waals surface area contributed by atoms with E-state index in [2.05, 4.69) is 0 Å². The predicted octanol–water partition coefficient (Wildman–Crippen LogP) is -4.14. The van der Waals surface area contributed by atoms with Crippen molar-refractivity contribution >= 4 is 0 Å². The Kier molecular flexibility index (Phi) is 3010. The molecule has 69 valence electrons. The maximum Gasteiger partial charge on any atom is 0 e. The van der Waals surface area contributed by atoms with E-state index in [4.69, 9.17) is 0 Å². The molecule has 10 heteroatoms. The third-order valence-electron chi connectivity index (χ3n) is 0. The Morgan fingerprint density at radius 3 is 0.300 bits per heavy atom. The molecule has 0 aromatic carbocycles. The van der Waals surface area contributed by atoms with Gasteiger partial charge < -0.3 is 27.4 Å². The van der Waals surface area contributed by atoms with Crippen LogP contribution in [-0.4, -0.2) is 27.4 Å². The van der Waals surface area contributed by atoms with E-state index in [9.17, 15) is 0 Å². The fourth-order valence-corrected chi connectivity index (χ4v) is 0. The molecule has 0 atom stereocenters. The standard InChI is InChI=1S/4Mo.5H2O.V/h;;;;5*1H2;. The molecule has 0 amide bonds. The smallest absolute Gasteiger partial charge is 0 e. The average Bonchev–Trinajstić information content (AvgIpc) is 0. The van der Waals surface area contributed by atoms with Crippen molar-refractivity contribution < 1.29 is 130 Å². The Morgan fingerprint density at radius 1 is 0.300 bits per heavy atom. The van der Waals surface area contributed by atoms with Gasteiger partial charge in [0.05, 0.1) is 0 Å². The molecule has 0 saturated heterocycles. The second kappa shape index (κ2) is 153. The summed E-state index contributed by atoms with van der Waals surface area (Å²) in [5.74, 6) is 0. The third-order valence-corrected chi connectivity index (χ3v) is 0. The number of hydrogen-bond donors (Lipinski definition) is 0. The van der Waals surface area contributed by atoms with Crippen molar-refractivity contribution in [3.8, 4) is 0 Å². The molecule has 1 radical (unpaired) electrons. The van der Waals surface area contributed by atoms with E-state index in [1.807, 2.05) is 0 Å². The summed E-state index contributed by atoms with van der Waals surface area (Å²) in [7, 11) is 0. The van der Waals surface area contributed by atoms with Crippen LogP contribution in [0.3, 0.4) is 0 Å². The molecule has 5 nitrogen and oxygen atoms in total. The SMILES string of the molecule is O.O.O.O.O.[Mo].[Mo].[Mo].[Mo].[V]. The minimum atomic E-state index is 0. The first kappa shape index (κ1) is 197. The molecule has 0 aliphatic rings. The maximum atomic E-state index is 0. The van der Waals surface area contributed by atoms with Crippen molar-refractivity contribution in [1.82, 2.24) is 0 Å². The van der Waals surface area contributed by atoms with Crippen LogP contribution < -0.4 is 0 Å². The zero-order chi connectivity index (χ0) is 0. The van der Waals surface area contributed by atoms with Crippen molar-refractivity contribution in [2.45, 2.75) is 0 Å². The van der Waals surface area contributed by atoms with Gasteiger partial charge in [-0.05, 0) is 0 Å². The van der Waals surface area contributed by atoms with Crippen molar-refractivity contribution in [3.63, 3.8) is 0 Å². The molecule has 0 saturated carbocycles. The van der Waals surface area contributed by atoms with Crippen molar-refractivity contribution in [3.05, 3.63) is 0 Å². The van der Waals surface area contributed by atoms with Gasteiger partial charge >= 0.3 is 0 Å². The zero-order valence-electron chi connectivity index (χ0n) is 4.58. The topological polar surface area (TPSA) is 158 Å². The van der Waals surface area contributed by atoms with Gasteiger partial charge in [0, 0.05) is 103 Å². The molecular weight excluding hydrogens is 515 g/mol. The molecule has 0 spiro atoms. The summed E-state index contributed by atoms with van der Waals surface area (Å²) in [6, 6.07) is 0. The van der Waals surface area contributed by atoms with Crippen LogP contribution in [0.5, 0.6) is 0 Å². The summed E-state index contributed by atoms with van der Waals surface area (Å²) in [5, 5.41) is 0. The van der Waals surface area contributed by atoms with Gasteiger partial charge in [0.1, 0.15) is 0 Å². The van der Waals surface area contributed by atoms with Gasteiger partial charge in [-0.25, -0.2) is 0 Å². The quantitative estimate of drug-likeness (QED) is 0.282. The van der Waals surface area contributed by atoms with E-state index in [0.717, 1.165) is 0 Å². The minimum absolute atomic E-state index is 0. The molecule has 0 heterocycles. The Hall–Kier alpha value is 3.14. The predicted molar refractivity (Wildman–Crippen MR) is 18.1 cm³/mol. The Morgan fingerprint density at radius 2 is 0.300 bits per heavy atom. The first-order chi connectivity index (χ1) is 0. The van der Waals surface area contributed by atoms with Gasteiger partial charge in [0.25, 0.3) is 0 Å². The van der Waals surface area contributed by atoms with Gasteiger partial charge in [-0.2, -0.15) is 0 Å². The van der Waals surface area contributed by atoms with E-state index >= 15 is 0 Å². The Labute approximate surface area is 128 Å². The number of rotatable bonds is 0. The van der Waals surface area contributed by atoms with E-state index in [-0.39, 0.29) is 130 Å². The van der Waals surface area contributed by atoms with Crippen LogP contribution >= 0.6 is 0 Å². The van der Waals surface area contributed by atoms with Crippen LogP contribution in [0.2, 0.25) is 0 Å². The summed E-state index contributed by atoms with van der Waals surface area (Å²) >= 11 is 0. The van der Waals surface area contributed by atoms with Crippen molar-refractivity contribution in [1.29, 1.82) is 0 Å². The largest absolute Gasteiger partial charge is 0.412 e. The molecule has 0 aliphatic carbocycles. The van der Waals surface area contributed by atoms with E-state index in [1.54, 1.807) is 0 Å². The molecular formula is H10Mo4O5V. The summed E-state index contributed by atoms with van der Waals surface area (Å²) < 4.78 is 0. The average molecular weight is 525 g/mol. The third kappa shape index (κ3) is 116. The molecule has 0 fully saturated rings. The Balaban J connectivity index is 0. The van der Waals surface area contributed by atoms with Crippen LogP contribution in [0.1, 0.15) is 0 Å². The second-order valence-electron chi connectivity index (χ2n) is 0. The molecule has 0 rings (SSSR count). The van der Waals surface area contributed by atoms with Crippen LogP contribution in [0, 0.1) is 0 Å². The minimum Gasteiger partial charge on any atom is -0.412 e. The van der Waals surface area contributed by atoms with E-state index < -0.39 is 0 Å². The fourth-order valence-electron chi connectivity index (χ4n) is 0. The van der Waals surface area contributed by atoms with Crippen LogP contribution in [0.15, 0.2) is 0 Å². The Bertz CT molecular complexity index is 13.6. The normalized spacial score (nSPS) is 0. The van der Waals surface area contributed by atoms with Gasteiger partial charge in [-0.15, -0.1) is 0 Å². The molecule has 0 aliphatic heterocycles. The summed E-state index contributed by atoms with van der Waals surface area (Å²) in [4.78, 5) is 0. The summed E-state index contributed by atoms with van der Waals surface area (Å²) in [6.45, 7) is 0. The molecule has 0 aromatic heterocycles. The van der Waals surface area contributed by atoms with Gasteiger partial charge in [-0.1, -0.05) is 0 Å². The maximum absolute atomic E-state index is 0. The van der Waals surface area contributed by atoms with Crippen molar-refractivity contribution in [2.75, 3.05) is 0 Å². The van der Waals surface area contributed by atoms with Crippen LogP contribution in [0.25, 0.3) is 0 Å². The molecule has 10 heavy (non-hydrogen) atoms. The summed E-state index contributed by atoms with van der Waals surface area (Å²) in [5.41, 5.74) is 0. The summed E-state index contributed by atoms with van der Waals surface area (Å²) in [6.07, 6.45) is 0. The molecule has 0 unspecified atom stereocenters. The second-order valence-corrected chi connectivity index (χ2v) is 0. The van der Waals surface area contributed by atoms with Crippen LogP contribution in [-0.2, 0) is 103 Å². The van der Waals surface area contributed by atoms with Crippen molar-refractivity contribution in [2.24, 2.45) is 0 Å². The van der Waals surface area contributed by atoms with Gasteiger partial charge in [0.15, 0.2) is 0 Å². The molecule has 0 bridgehead atoms. The van der Waals surface area contributed by atoms with Gasteiger partial charge in [-0.3, -0.25) is 0 Å². The zero-order valence-corrected chi connectivity index (χ0v) is 14.0. The monoisotopic (exact) mass is 533 g/mol. The molecule has 10 N–H and O–H groups in total.